The zero-order valence-electron chi connectivity index (χ0n) is 18.4. The maximum atomic E-state index is 12.3. The molecule has 2 unspecified atom stereocenters. The van der Waals surface area contributed by atoms with Crippen molar-refractivity contribution in [2.75, 3.05) is 39.3 Å². The molecular weight excluding hydrogens is 446 g/mol. The van der Waals surface area contributed by atoms with E-state index in [0.29, 0.717) is 35.1 Å². The predicted molar refractivity (Wildman–Crippen MR) is 120 cm³/mol. The molecule has 2 rings (SSSR count). The number of likely N-dealkylation sites (tertiary alicyclic amines) is 1. The third-order valence-corrected chi connectivity index (χ3v) is 6.51. The van der Waals surface area contributed by atoms with E-state index in [1.54, 1.807) is 12.1 Å². The third-order valence-electron chi connectivity index (χ3n) is 5.42. The Labute approximate surface area is 189 Å². The molecule has 3 N–H and O–H groups in total. The fourth-order valence-electron chi connectivity index (χ4n) is 3.67. The molecule has 1 aromatic rings. The van der Waals surface area contributed by atoms with Gasteiger partial charge in [0.15, 0.2) is 0 Å². The zero-order chi connectivity index (χ0) is 23.2. The van der Waals surface area contributed by atoms with Gasteiger partial charge in [-0.25, -0.2) is 8.42 Å². The van der Waals surface area contributed by atoms with Gasteiger partial charge in [-0.1, -0.05) is 11.6 Å². The van der Waals surface area contributed by atoms with Crippen molar-refractivity contribution in [1.29, 1.82) is 0 Å². The number of esters is 1. The van der Waals surface area contributed by atoms with Gasteiger partial charge in [0.05, 0.1) is 32.3 Å². The summed E-state index contributed by atoms with van der Waals surface area (Å²) in [5.74, 6) is 0.845. The van der Waals surface area contributed by atoms with Crippen molar-refractivity contribution in [3.8, 4) is 11.5 Å². The smallest absolute Gasteiger partial charge is 0.307 e. The van der Waals surface area contributed by atoms with Gasteiger partial charge in [0.25, 0.3) is 0 Å². The van der Waals surface area contributed by atoms with Crippen molar-refractivity contribution in [2.24, 2.45) is 5.92 Å². The molecule has 0 aliphatic carbocycles. The summed E-state index contributed by atoms with van der Waals surface area (Å²) in [7, 11) is -0.257. The van der Waals surface area contributed by atoms with E-state index >= 15 is 0 Å². The highest BCUT2D eigenvalue weighted by atomic mass is 35.5. The number of nitrogens with one attached hydrogen (secondary N) is 1. The number of nitrogens with zero attached hydrogens (tertiary/aromatic N) is 1. The fourth-order valence-corrected chi connectivity index (χ4v) is 4.72. The van der Waals surface area contributed by atoms with E-state index in [9.17, 15) is 13.2 Å². The standard InChI is InChI=1S/C20H32ClN3O6S/c1-13(23-31(4,26)27)24-9-7-14(8-10-24)5-6-18(25)30-20(21)16-11-15(28-2)12-17(29-3)19(16)22/h11-14,20,23H,5-10,22H2,1-4H3. The summed E-state index contributed by atoms with van der Waals surface area (Å²) in [5.41, 5.74) is 5.70. The van der Waals surface area contributed by atoms with Gasteiger partial charge >= 0.3 is 5.97 Å². The topological polar surface area (TPSA) is 120 Å². The number of piperidine rings is 1. The van der Waals surface area contributed by atoms with Crippen LogP contribution in [-0.4, -0.2) is 59.0 Å². The van der Waals surface area contributed by atoms with Crippen molar-refractivity contribution in [3.05, 3.63) is 17.7 Å². The predicted octanol–water partition coefficient (Wildman–Crippen LogP) is 2.45. The number of sulfonamides is 1. The zero-order valence-corrected chi connectivity index (χ0v) is 20.0. The van der Waals surface area contributed by atoms with E-state index in [2.05, 4.69) is 9.62 Å². The third kappa shape index (κ3) is 7.71. The largest absolute Gasteiger partial charge is 0.497 e. The van der Waals surface area contributed by atoms with E-state index in [0.717, 1.165) is 32.2 Å². The van der Waals surface area contributed by atoms with Gasteiger partial charge in [-0.15, -0.1) is 0 Å². The normalized spacial score (nSPS) is 17.7. The second-order valence-corrected chi connectivity index (χ2v) is 9.90. The molecule has 1 aliphatic rings. The molecule has 11 heteroatoms. The van der Waals surface area contributed by atoms with Crippen LogP contribution in [0.25, 0.3) is 0 Å². The summed E-state index contributed by atoms with van der Waals surface area (Å²) in [6.07, 6.45) is 3.60. The number of alkyl halides is 1. The Morgan fingerprint density at radius 1 is 1.29 bits per heavy atom. The van der Waals surface area contributed by atoms with Crippen molar-refractivity contribution in [1.82, 2.24) is 9.62 Å². The lowest BCUT2D eigenvalue weighted by Gasteiger charge is -2.35. The number of anilines is 1. The fraction of sp³-hybridized carbons (Fsp3) is 0.650. The van der Waals surface area contributed by atoms with Gasteiger partial charge in [0.1, 0.15) is 11.5 Å². The van der Waals surface area contributed by atoms with Crippen LogP contribution < -0.4 is 19.9 Å². The van der Waals surface area contributed by atoms with Crippen molar-refractivity contribution >= 4 is 33.3 Å². The second-order valence-electron chi connectivity index (χ2n) is 7.72. The molecule has 0 aromatic heterocycles. The van der Waals surface area contributed by atoms with E-state index < -0.39 is 21.6 Å². The number of hydrogen-bond donors (Lipinski definition) is 2. The molecule has 2 atom stereocenters. The van der Waals surface area contributed by atoms with Crippen LogP contribution in [0.5, 0.6) is 11.5 Å². The number of carbonyl (C=O) groups is 1. The van der Waals surface area contributed by atoms with E-state index in [1.165, 1.54) is 14.2 Å². The molecule has 1 saturated heterocycles. The van der Waals surface area contributed by atoms with Crippen LogP contribution in [0.3, 0.4) is 0 Å². The highest BCUT2D eigenvalue weighted by Crippen LogP contribution is 2.37. The van der Waals surface area contributed by atoms with Gasteiger partial charge in [0.2, 0.25) is 15.6 Å². The Balaban J connectivity index is 1.83. The number of halogens is 1. The first kappa shape index (κ1) is 25.5. The lowest BCUT2D eigenvalue weighted by atomic mass is 9.92. The summed E-state index contributed by atoms with van der Waals surface area (Å²) < 4.78 is 41.2. The van der Waals surface area contributed by atoms with E-state index in [-0.39, 0.29) is 12.6 Å². The molecule has 31 heavy (non-hydrogen) atoms. The number of carbonyl (C=O) groups excluding carboxylic acids is 1. The van der Waals surface area contributed by atoms with Crippen molar-refractivity contribution in [2.45, 2.75) is 44.3 Å². The Morgan fingerprint density at radius 2 is 1.94 bits per heavy atom. The summed E-state index contributed by atoms with van der Waals surface area (Å²) in [6.45, 7) is 3.36. The molecule has 0 bridgehead atoms. The van der Waals surface area contributed by atoms with Gasteiger partial charge in [-0.2, -0.15) is 4.72 Å². The molecule has 9 nitrogen and oxygen atoms in total. The van der Waals surface area contributed by atoms with Gasteiger partial charge < -0.3 is 19.9 Å². The van der Waals surface area contributed by atoms with Crippen molar-refractivity contribution in [3.63, 3.8) is 0 Å². The maximum absolute atomic E-state index is 12.3. The molecule has 0 saturated carbocycles. The molecular formula is C20H32ClN3O6S. The van der Waals surface area contributed by atoms with Gasteiger partial charge in [-0.3, -0.25) is 9.69 Å². The number of benzene rings is 1. The quantitative estimate of drug-likeness (QED) is 0.299. The Kier molecular flexibility index (Phi) is 9.23. The molecule has 1 heterocycles. The molecule has 1 fully saturated rings. The monoisotopic (exact) mass is 477 g/mol. The summed E-state index contributed by atoms with van der Waals surface area (Å²) in [6, 6.07) is 3.24. The molecule has 1 aliphatic heterocycles. The SMILES string of the molecule is COc1cc(OC)c(N)c(C(Cl)OC(=O)CCC2CCN(C(C)NS(C)(=O)=O)CC2)c1. The lowest BCUT2D eigenvalue weighted by Crippen LogP contribution is -2.49. The van der Waals surface area contributed by atoms with Crippen LogP contribution >= 0.6 is 11.6 Å². The molecule has 0 radical (unpaired) electrons. The van der Waals surface area contributed by atoms with Crippen LogP contribution in [0, 0.1) is 5.92 Å². The van der Waals surface area contributed by atoms with Crippen LogP contribution in [0.1, 0.15) is 43.7 Å². The second kappa shape index (κ2) is 11.2. The highest BCUT2D eigenvalue weighted by Gasteiger charge is 2.26. The molecule has 176 valence electrons. The maximum Gasteiger partial charge on any atom is 0.307 e. The van der Waals surface area contributed by atoms with Crippen LogP contribution in [-0.2, 0) is 19.6 Å². The Bertz CT molecular complexity index is 859. The van der Waals surface area contributed by atoms with E-state index in [4.69, 9.17) is 31.5 Å². The number of nitrogen functional groups attached to an aromatic ring is 1. The highest BCUT2D eigenvalue weighted by molar-refractivity contribution is 7.88. The molecule has 1 aromatic carbocycles. The van der Waals surface area contributed by atoms with Gasteiger partial charge in [0, 0.05) is 18.1 Å². The van der Waals surface area contributed by atoms with E-state index in [1.807, 2.05) is 6.92 Å². The van der Waals surface area contributed by atoms with Crippen LogP contribution in [0.4, 0.5) is 5.69 Å². The Hall–Kier alpha value is -1.75. The number of nitrogens with two attached hydrogens (primary N) is 1. The van der Waals surface area contributed by atoms with Crippen LogP contribution in [0.15, 0.2) is 12.1 Å². The number of rotatable bonds is 10. The minimum atomic E-state index is -3.24. The molecule has 0 amide bonds. The number of hydrogen-bond acceptors (Lipinski definition) is 8. The van der Waals surface area contributed by atoms with Crippen molar-refractivity contribution < 1.29 is 27.4 Å². The minimum absolute atomic E-state index is 0.242. The molecule has 0 spiro atoms. The first-order valence-electron chi connectivity index (χ1n) is 10.1. The summed E-state index contributed by atoms with van der Waals surface area (Å²) >= 11 is 6.30. The summed E-state index contributed by atoms with van der Waals surface area (Å²) in [5, 5.41) is 0. The van der Waals surface area contributed by atoms with Gasteiger partial charge in [-0.05, 0) is 51.3 Å². The van der Waals surface area contributed by atoms with Crippen LogP contribution in [0.2, 0.25) is 0 Å². The lowest BCUT2D eigenvalue weighted by molar-refractivity contribution is -0.146. The average molecular weight is 478 g/mol. The number of methoxy groups -OCH3 is 2. The average Bonchev–Trinajstić information content (AvgIpc) is 2.71. The minimum Gasteiger partial charge on any atom is -0.497 e. The first-order valence-corrected chi connectivity index (χ1v) is 12.4. The first-order chi connectivity index (χ1) is 14.5. The summed E-state index contributed by atoms with van der Waals surface area (Å²) in [4.78, 5) is 14.4. The number of ether oxygens (including phenoxy) is 3. The Morgan fingerprint density at radius 3 is 2.48 bits per heavy atom.